The largest absolute Gasteiger partial charge is 0.324 e. The third kappa shape index (κ3) is 5.70. The monoisotopic (exact) mass is 324 g/mol. The number of hydrogen-bond acceptors (Lipinski definition) is 4. The molecule has 0 aromatic heterocycles. The average molecular weight is 325 g/mol. The minimum Gasteiger partial charge on any atom is -0.324 e. The predicted octanol–water partition coefficient (Wildman–Crippen LogP) is 2.38. The number of rotatable bonds is 6. The van der Waals surface area contributed by atoms with Crippen LogP contribution in [0.25, 0.3) is 0 Å². The van der Waals surface area contributed by atoms with Crippen molar-refractivity contribution in [2.45, 2.75) is 83.5 Å². The fraction of sp³-hybridized carbons (Fsp3) is 1.00. The van der Waals surface area contributed by atoms with Crippen LogP contribution >= 0.6 is 0 Å². The lowest BCUT2D eigenvalue weighted by molar-refractivity contribution is 0.0778. The molecule has 136 valence electrons. The Morgan fingerprint density at radius 1 is 1.17 bits per heavy atom. The molecule has 3 atom stereocenters. The number of piperidine rings is 2. The lowest BCUT2D eigenvalue weighted by Gasteiger charge is -2.42. The molecule has 2 N–H and O–H groups in total. The highest BCUT2D eigenvalue weighted by Gasteiger charge is 2.30. The lowest BCUT2D eigenvalue weighted by atomic mass is 9.91. The van der Waals surface area contributed by atoms with Gasteiger partial charge < -0.3 is 10.6 Å². The third-order valence-electron chi connectivity index (χ3n) is 6.06. The summed E-state index contributed by atoms with van der Waals surface area (Å²) >= 11 is 0. The van der Waals surface area contributed by atoms with E-state index in [-0.39, 0.29) is 5.54 Å². The van der Waals surface area contributed by atoms with Crippen molar-refractivity contribution in [3.05, 3.63) is 0 Å². The van der Waals surface area contributed by atoms with Gasteiger partial charge >= 0.3 is 0 Å². The summed E-state index contributed by atoms with van der Waals surface area (Å²) in [4.78, 5) is 7.86. The van der Waals surface area contributed by atoms with Gasteiger partial charge in [-0.1, -0.05) is 0 Å². The highest BCUT2D eigenvalue weighted by atomic mass is 15.2. The van der Waals surface area contributed by atoms with E-state index in [1.165, 1.54) is 58.3 Å². The molecular weight excluding hydrogens is 284 g/mol. The second kappa shape index (κ2) is 8.28. The summed E-state index contributed by atoms with van der Waals surface area (Å²) in [5.41, 5.74) is 6.38. The molecule has 2 rings (SSSR count). The van der Waals surface area contributed by atoms with Crippen molar-refractivity contribution in [2.75, 3.05) is 39.8 Å². The SMILES string of the molecule is CC(C)N1CCC[C@H](N(C)CCC(C)N2CCCC(C)(N)C2)C1. The zero-order valence-electron chi connectivity index (χ0n) is 16.2. The summed E-state index contributed by atoms with van der Waals surface area (Å²) < 4.78 is 0. The van der Waals surface area contributed by atoms with Crippen LogP contribution in [0.1, 0.15) is 59.8 Å². The van der Waals surface area contributed by atoms with Gasteiger partial charge in [-0.25, -0.2) is 0 Å². The van der Waals surface area contributed by atoms with Crippen LogP contribution in [0.3, 0.4) is 0 Å². The van der Waals surface area contributed by atoms with Gasteiger partial charge in [0.05, 0.1) is 0 Å². The van der Waals surface area contributed by atoms with Crippen LogP contribution in [-0.2, 0) is 0 Å². The smallest absolute Gasteiger partial charge is 0.0255 e. The highest BCUT2D eigenvalue weighted by Crippen LogP contribution is 2.22. The Morgan fingerprint density at radius 3 is 2.52 bits per heavy atom. The van der Waals surface area contributed by atoms with Crippen molar-refractivity contribution < 1.29 is 0 Å². The maximum atomic E-state index is 6.36. The molecular formula is C19H40N4. The molecule has 2 fully saturated rings. The zero-order valence-corrected chi connectivity index (χ0v) is 16.2. The number of likely N-dealkylation sites (N-methyl/N-ethyl adjacent to an activating group) is 1. The Labute approximate surface area is 144 Å². The van der Waals surface area contributed by atoms with Crippen LogP contribution in [0.4, 0.5) is 0 Å². The number of nitrogens with zero attached hydrogens (tertiary/aromatic N) is 3. The van der Waals surface area contributed by atoms with Gasteiger partial charge in [-0.15, -0.1) is 0 Å². The van der Waals surface area contributed by atoms with Gasteiger partial charge in [0, 0.05) is 36.8 Å². The van der Waals surface area contributed by atoms with Crippen molar-refractivity contribution >= 4 is 0 Å². The molecule has 2 heterocycles. The Kier molecular flexibility index (Phi) is 6.90. The van der Waals surface area contributed by atoms with Crippen LogP contribution in [0, 0.1) is 0 Å². The molecule has 0 spiro atoms. The number of nitrogens with two attached hydrogens (primary N) is 1. The highest BCUT2D eigenvalue weighted by molar-refractivity contribution is 4.89. The van der Waals surface area contributed by atoms with E-state index < -0.39 is 0 Å². The Hall–Kier alpha value is -0.160. The lowest BCUT2D eigenvalue weighted by Crippen LogP contribution is -2.55. The maximum absolute atomic E-state index is 6.36. The molecule has 0 radical (unpaired) electrons. The van der Waals surface area contributed by atoms with Gasteiger partial charge in [-0.05, 0) is 86.5 Å². The molecule has 0 aromatic rings. The zero-order chi connectivity index (χ0) is 17.0. The standard InChI is InChI=1S/C19H40N4/c1-16(2)22-11-6-8-18(14-22)21(5)13-9-17(3)23-12-7-10-19(4,20)15-23/h16-18H,6-15,20H2,1-5H3/t17?,18-,19?/m0/s1. The number of hydrogen-bond donors (Lipinski definition) is 1. The predicted molar refractivity (Wildman–Crippen MR) is 99.8 cm³/mol. The summed E-state index contributed by atoms with van der Waals surface area (Å²) in [6.07, 6.45) is 6.38. The fourth-order valence-electron chi connectivity index (χ4n) is 4.25. The van der Waals surface area contributed by atoms with Gasteiger partial charge in [0.25, 0.3) is 0 Å². The van der Waals surface area contributed by atoms with Crippen LogP contribution in [0.15, 0.2) is 0 Å². The van der Waals surface area contributed by atoms with E-state index in [4.69, 9.17) is 5.73 Å². The summed E-state index contributed by atoms with van der Waals surface area (Å²) in [6.45, 7) is 15.3. The average Bonchev–Trinajstić information content (AvgIpc) is 2.51. The van der Waals surface area contributed by atoms with Gasteiger partial charge in [0.2, 0.25) is 0 Å². The van der Waals surface area contributed by atoms with E-state index in [1.54, 1.807) is 0 Å². The minimum absolute atomic E-state index is 0.0134. The third-order valence-corrected chi connectivity index (χ3v) is 6.06. The molecule has 0 amide bonds. The number of likely N-dealkylation sites (tertiary alicyclic amines) is 2. The van der Waals surface area contributed by atoms with Crippen molar-refractivity contribution in [1.82, 2.24) is 14.7 Å². The van der Waals surface area contributed by atoms with Gasteiger partial charge in [0.15, 0.2) is 0 Å². The van der Waals surface area contributed by atoms with Crippen molar-refractivity contribution in [1.29, 1.82) is 0 Å². The molecule has 2 aliphatic heterocycles. The molecule has 2 aliphatic rings. The second-order valence-electron chi connectivity index (χ2n) is 8.73. The van der Waals surface area contributed by atoms with Gasteiger partial charge in [-0.3, -0.25) is 9.80 Å². The van der Waals surface area contributed by atoms with E-state index in [2.05, 4.69) is 49.4 Å². The minimum atomic E-state index is 0.0134. The fourth-order valence-corrected chi connectivity index (χ4v) is 4.25. The van der Waals surface area contributed by atoms with Crippen LogP contribution in [0.2, 0.25) is 0 Å². The molecule has 0 saturated carbocycles. The van der Waals surface area contributed by atoms with Crippen LogP contribution in [0.5, 0.6) is 0 Å². The van der Waals surface area contributed by atoms with Gasteiger partial charge in [-0.2, -0.15) is 0 Å². The molecule has 0 aromatic carbocycles. The Balaban J connectivity index is 1.76. The van der Waals surface area contributed by atoms with Crippen LogP contribution < -0.4 is 5.73 Å². The van der Waals surface area contributed by atoms with Crippen molar-refractivity contribution in [3.8, 4) is 0 Å². The first-order valence-corrected chi connectivity index (χ1v) is 9.76. The molecule has 23 heavy (non-hydrogen) atoms. The summed E-state index contributed by atoms with van der Waals surface area (Å²) in [5.74, 6) is 0. The van der Waals surface area contributed by atoms with E-state index in [1.807, 2.05) is 0 Å². The normalized spacial score (nSPS) is 32.6. The van der Waals surface area contributed by atoms with E-state index in [0.717, 1.165) is 12.6 Å². The van der Waals surface area contributed by atoms with Gasteiger partial charge in [0.1, 0.15) is 0 Å². The molecule has 2 unspecified atom stereocenters. The maximum Gasteiger partial charge on any atom is 0.0255 e. The quantitative estimate of drug-likeness (QED) is 0.814. The first-order valence-electron chi connectivity index (χ1n) is 9.76. The van der Waals surface area contributed by atoms with E-state index in [9.17, 15) is 0 Å². The Bertz CT molecular complexity index is 355. The summed E-state index contributed by atoms with van der Waals surface area (Å²) in [5, 5.41) is 0. The first kappa shape index (κ1) is 19.2. The summed E-state index contributed by atoms with van der Waals surface area (Å²) in [6, 6.07) is 2.06. The van der Waals surface area contributed by atoms with Crippen molar-refractivity contribution in [2.24, 2.45) is 5.73 Å². The molecule has 0 bridgehead atoms. The summed E-state index contributed by atoms with van der Waals surface area (Å²) in [7, 11) is 2.32. The molecule has 0 aliphatic carbocycles. The van der Waals surface area contributed by atoms with E-state index in [0.29, 0.717) is 12.1 Å². The van der Waals surface area contributed by atoms with Crippen molar-refractivity contribution in [3.63, 3.8) is 0 Å². The molecule has 4 heteroatoms. The van der Waals surface area contributed by atoms with E-state index >= 15 is 0 Å². The molecule has 2 saturated heterocycles. The van der Waals surface area contributed by atoms with Crippen LogP contribution in [-0.4, -0.2) is 78.1 Å². The topological polar surface area (TPSA) is 35.7 Å². The Morgan fingerprint density at radius 2 is 1.87 bits per heavy atom. The second-order valence-corrected chi connectivity index (χ2v) is 8.73. The first-order chi connectivity index (χ1) is 10.8. The molecule has 4 nitrogen and oxygen atoms in total.